The summed E-state index contributed by atoms with van der Waals surface area (Å²) in [5.41, 5.74) is 0. The predicted octanol–water partition coefficient (Wildman–Crippen LogP) is 0.806. The number of esters is 2. The zero-order valence-electron chi connectivity index (χ0n) is 10.0. The maximum absolute atomic E-state index is 11.4. The lowest BCUT2D eigenvalue weighted by atomic mass is 10.2. The molecular weight excluding hydrogens is 278 g/mol. The molecule has 0 rings (SSSR count). The molecule has 0 aliphatic rings. The number of carbonyl (C=O) groups is 2. The minimum absolute atomic E-state index is 0.364. The molecule has 94 valence electrons. The first-order chi connectivity index (χ1) is 7.49. The first-order valence-corrected chi connectivity index (χ1v) is 6.09. The normalized spacial score (nSPS) is 14.4. The maximum Gasteiger partial charge on any atom is 0.322 e. The largest absolute Gasteiger partial charge is 0.468 e. The number of methoxy groups -OCH3 is 2. The van der Waals surface area contributed by atoms with Crippen LogP contribution in [0.15, 0.2) is 0 Å². The molecule has 0 aromatic heterocycles. The fourth-order valence-electron chi connectivity index (χ4n) is 1.43. The standard InChI is InChI=1S/C10H18BrNO4/c1-7(9(13)15-3)12(6-5-11)8(2)10(14)16-4/h7-8H,5-6H2,1-4H3. The average molecular weight is 296 g/mol. The van der Waals surface area contributed by atoms with Crippen molar-refractivity contribution in [2.75, 3.05) is 26.1 Å². The van der Waals surface area contributed by atoms with Gasteiger partial charge in [0.1, 0.15) is 12.1 Å². The minimum Gasteiger partial charge on any atom is -0.468 e. The molecule has 0 saturated heterocycles. The Kier molecular flexibility index (Phi) is 7.33. The summed E-state index contributed by atoms with van der Waals surface area (Å²) in [5.74, 6) is -0.728. The maximum atomic E-state index is 11.4. The van der Waals surface area contributed by atoms with Crippen LogP contribution in [0.1, 0.15) is 13.8 Å². The monoisotopic (exact) mass is 295 g/mol. The molecule has 0 aromatic carbocycles. The van der Waals surface area contributed by atoms with Crippen molar-refractivity contribution in [3.05, 3.63) is 0 Å². The SMILES string of the molecule is COC(=O)C(C)N(CCBr)C(C)C(=O)OC. The molecule has 0 bridgehead atoms. The summed E-state index contributed by atoms with van der Waals surface area (Å²) in [6.07, 6.45) is 0. The van der Waals surface area contributed by atoms with E-state index >= 15 is 0 Å². The fourth-order valence-corrected chi connectivity index (χ4v) is 1.84. The van der Waals surface area contributed by atoms with Crippen molar-refractivity contribution in [2.24, 2.45) is 0 Å². The quantitative estimate of drug-likeness (QED) is 0.536. The summed E-state index contributed by atoms with van der Waals surface area (Å²) < 4.78 is 9.31. The van der Waals surface area contributed by atoms with E-state index in [1.807, 2.05) is 0 Å². The van der Waals surface area contributed by atoms with E-state index in [1.165, 1.54) is 14.2 Å². The van der Waals surface area contributed by atoms with E-state index in [0.29, 0.717) is 11.9 Å². The van der Waals surface area contributed by atoms with Gasteiger partial charge >= 0.3 is 11.9 Å². The highest BCUT2D eigenvalue weighted by atomic mass is 79.9. The summed E-state index contributed by atoms with van der Waals surface area (Å²) in [4.78, 5) is 24.6. The zero-order chi connectivity index (χ0) is 12.7. The van der Waals surface area contributed by atoms with E-state index in [9.17, 15) is 9.59 Å². The Bertz CT molecular complexity index is 225. The lowest BCUT2D eigenvalue weighted by Gasteiger charge is -2.30. The molecule has 0 spiro atoms. The molecule has 2 unspecified atom stereocenters. The van der Waals surface area contributed by atoms with Crippen LogP contribution in [0, 0.1) is 0 Å². The van der Waals surface area contributed by atoms with Crippen molar-refractivity contribution >= 4 is 27.9 Å². The number of nitrogens with zero attached hydrogens (tertiary/aromatic N) is 1. The van der Waals surface area contributed by atoms with E-state index in [0.717, 1.165) is 0 Å². The van der Waals surface area contributed by atoms with Crippen molar-refractivity contribution in [3.63, 3.8) is 0 Å². The molecular formula is C10H18BrNO4. The number of hydrogen-bond acceptors (Lipinski definition) is 5. The molecule has 0 aromatic rings. The van der Waals surface area contributed by atoms with Gasteiger partial charge < -0.3 is 9.47 Å². The number of alkyl halides is 1. The zero-order valence-corrected chi connectivity index (χ0v) is 11.6. The number of hydrogen-bond donors (Lipinski definition) is 0. The van der Waals surface area contributed by atoms with Crippen LogP contribution in [-0.2, 0) is 19.1 Å². The van der Waals surface area contributed by atoms with Crippen LogP contribution in [0.3, 0.4) is 0 Å². The highest BCUT2D eigenvalue weighted by Crippen LogP contribution is 2.09. The van der Waals surface area contributed by atoms with Gasteiger partial charge in [0.25, 0.3) is 0 Å². The molecule has 0 fully saturated rings. The summed E-state index contributed by atoms with van der Waals surface area (Å²) in [7, 11) is 2.65. The lowest BCUT2D eigenvalue weighted by molar-refractivity contribution is -0.153. The van der Waals surface area contributed by atoms with Gasteiger partial charge in [0, 0.05) is 11.9 Å². The Morgan fingerprint density at radius 1 is 1.12 bits per heavy atom. The minimum atomic E-state index is -0.475. The third kappa shape index (κ3) is 4.09. The van der Waals surface area contributed by atoms with Crippen molar-refractivity contribution in [1.82, 2.24) is 4.90 Å². The van der Waals surface area contributed by atoms with E-state index in [1.54, 1.807) is 18.7 Å². The fraction of sp³-hybridized carbons (Fsp3) is 0.800. The van der Waals surface area contributed by atoms with Crippen molar-refractivity contribution in [2.45, 2.75) is 25.9 Å². The second kappa shape index (κ2) is 7.62. The average Bonchev–Trinajstić information content (AvgIpc) is 2.32. The molecule has 0 heterocycles. The Morgan fingerprint density at radius 2 is 1.50 bits per heavy atom. The van der Waals surface area contributed by atoms with Crippen LogP contribution in [0.5, 0.6) is 0 Å². The second-order valence-electron chi connectivity index (χ2n) is 3.33. The van der Waals surface area contributed by atoms with Gasteiger partial charge in [-0.3, -0.25) is 14.5 Å². The predicted molar refractivity (Wildman–Crippen MR) is 63.5 cm³/mol. The van der Waals surface area contributed by atoms with Crippen LogP contribution >= 0.6 is 15.9 Å². The summed E-state index contributed by atoms with van der Waals surface area (Å²) in [5, 5.41) is 0.662. The number of ether oxygens (including phenoxy) is 2. The summed E-state index contributed by atoms with van der Waals surface area (Å²) in [6, 6.07) is -0.951. The Labute approximate surface area is 104 Å². The highest BCUT2D eigenvalue weighted by Gasteiger charge is 2.30. The van der Waals surface area contributed by atoms with Gasteiger partial charge in [-0.25, -0.2) is 0 Å². The first kappa shape index (κ1) is 15.4. The third-order valence-electron chi connectivity index (χ3n) is 2.42. The van der Waals surface area contributed by atoms with Gasteiger partial charge in [-0.1, -0.05) is 15.9 Å². The molecule has 0 aliphatic heterocycles. The molecule has 2 atom stereocenters. The Morgan fingerprint density at radius 3 is 1.75 bits per heavy atom. The van der Waals surface area contributed by atoms with Gasteiger partial charge in [-0.05, 0) is 13.8 Å². The summed E-state index contributed by atoms with van der Waals surface area (Å²) in [6.45, 7) is 3.97. The van der Waals surface area contributed by atoms with Crippen LogP contribution in [0.25, 0.3) is 0 Å². The van der Waals surface area contributed by atoms with Gasteiger partial charge in [0.2, 0.25) is 0 Å². The smallest absolute Gasteiger partial charge is 0.322 e. The molecule has 0 amide bonds. The first-order valence-electron chi connectivity index (χ1n) is 4.96. The second-order valence-corrected chi connectivity index (χ2v) is 4.12. The molecule has 0 aliphatic carbocycles. The Balaban J connectivity index is 4.70. The number of carbonyl (C=O) groups excluding carboxylic acids is 2. The summed E-state index contributed by atoms with van der Waals surface area (Å²) >= 11 is 3.28. The van der Waals surface area contributed by atoms with Gasteiger partial charge in [0.05, 0.1) is 14.2 Å². The van der Waals surface area contributed by atoms with Crippen molar-refractivity contribution in [1.29, 1.82) is 0 Å². The molecule has 6 heteroatoms. The van der Waals surface area contributed by atoms with Crippen LogP contribution in [0.4, 0.5) is 0 Å². The van der Waals surface area contributed by atoms with Crippen LogP contribution in [-0.4, -0.2) is 55.0 Å². The molecule has 0 radical (unpaired) electrons. The number of halogens is 1. The van der Waals surface area contributed by atoms with Gasteiger partial charge in [0.15, 0.2) is 0 Å². The Hall–Kier alpha value is -0.620. The molecule has 16 heavy (non-hydrogen) atoms. The van der Waals surface area contributed by atoms with E-state index in [2.05, 4.69) is 25.4 Å². The highest BCUT2D eigenvalue weighted by molar-refractivity contribution is 9.09. The van der Waals surface area contributed by atoms with Crippen LogP contribution < -0.4 is 0 Å². The van der Waals surface area contributed by atoms with E-state index in [4.69, 9.17) is 0 Å². The topological polar surface area (TPSA) is 55.8 Å². The van der Waals surface area contributed by atoms with Crippen molar-refractivity contribution in [3.8, 4) is 0 Å². The van der Waals surface area contributed by atoms with E-state index in [-0.39, 0.29) is 11.9 Å². The van der Waals surface area contributed by atoms with Gasteiger partial charge in [-0.2, -0.15) is 0 Å². The van der Waals surface area contributed by atoms with Crippen molar-refractivity contribution < 1.29 is 19.1 Å². The number of rotatable bonds is 6. The molecule has 0 N–H and O–H groups in total. The van der Waals surface area contributed by atoms with Gasteiger partial charge in [-0.15, -0.1) is 0 Å². The van der Waals surface area contributed by atoms with E-state index < -0.39 is 12.1 Å². The lowest BCUT2D eigenvalue weighted by Crippen LogP contribution is -2.49. The molecule has 0 saturated carbocycles. The molecule has 5 nitrogen and oxygen atoms in total. The van der Waals surface area contributed by atoms with Crippen LogP contribution in [0.2, 0.25) is 0 Å². The third-order valence-corrected chi connectivity index (χ3v) is 2.78.